The molecule has 0 aliphatic carbocycles. The molecule has 0 radical (unpaired) electrons. The van der Waals surface area contributed by atoms with Crippen molar-refractivity contribution in [2.75, 3.05) is 12.4 Å². The SMILES string of the molecule is CNc1nc(C)cc(-c2ccc(F)cc2)n1. The Morgan fingerprint density at radius 1 is 1.12 bits per heavy atom. The predicted molar refractivity (Wildman–Crippen MR) is 61.7 cm³/mol. The van der Waals surface area contributed by atoms with Gasteiger partial charge in [-0.25, -0.2) is 14.4 Å². The molecule has 1 N–H and O–H groups in total. The number of nitrogens with one attached hydrogen (secondary N) is 1. The van der Waals surface area contributed by atoms with Crippen LogP contribution in [-0.2, 0) is 0 Å². The summed E-state index contributed by atoms with van der Waals surface area (Å²) in [4.78, 5) is 8.51. The first-order chi connectivity index (χ1) is 7.69. The van der Waals surface area contributed by atoms with Gasteiger partial charge in [0.1, 0.15) is 5.82 Å². The van der Waals surface area contributed by atoms with E-state index in [4.69, 9.17) is 0 Å². The van der Waals surface area contributed by atoms with Crippen LogP contribution >= 0.6 is 0 Å². The summed E-state index contributed by atoms with van der Waals surface area (Å²) in [6.07, 6.45) is 0. The zero-order chi connectivity index (χ0) is 11.5. The second-order valence-corrected chi connectivity index (χ2v) is 3.48. The summed E-state index contributed by atoms with van der Waals surface area (Å²) in [6, 6.07) is 8.12. The quantitative estimate of drug-likeness (QED) is 0.840. The third kappa shape index (κ3) is 2.16. The van der Waals surface area contributed by atoms with Crippen LogP contribution in [0.25, 0.3) is 11.3 Å². The van der Waals surface area contributed by atoms with Crippen molar-refractivity contribution in [1.29, 1.82) is 0 Å². The zero-order valence-electron chi connectivity index (χ0n) is 9.16. The Hall–Kier alpha value is -1.97. The highest BCUT2D eigenvalue weighted by molar-refractivity contribution is 5.60. The van der Waals surface area contributed by atoms with Crippen molar-refractivity contribution in [3.63, 3.8) is 0 Å². The highest BCUT2D eigenvalue weighted by Crippen LogP contribution is 2.19. The Labute approximate surface area is 93.4 Å². The van der Waals surface area contributed by atoms with Crippen LogP contribution in [-0.4, -0.2) is 17.0 Å². The Morgan fingerprint density at radius 2 is 1.81 bits per heavy atom. The first-order valence-electron chi connectivity index (χ1n) is 4.98. The second-order valence-electron chi connectivity index (χ2n) is 3.48. The van der Waals surface area contributed by atoms with Gasteiger partial charge in [0.05, 0.1) is 5.69 Å². The first-order valence-corrected chi connectivity index (χ1v) is 4.98. The molecule has 0 aliphatic heterocycles. The molecule has 0 fully saturated rings. The minimum absolute atomic E-state index is 0.247. The lowest BCUT2D eigenvalue weighted by atomic mass is 10.1. The van der Waals surface area contributed by atoms with Crippen LogP contribution in [0.3, 0.4) is 0 Å². The molecule has 4 heteroatoms. The van der Waals surface area contributed by atoms with Crippen molar-refractivity contribution < 1.29 is 4.39 Å². The van der Waals surface area contributed by atoms with E-state index in [0.29, 0.717) is 5.95 Å². The number of anilines is 1. The van der Waals surface area contributed by atoms with E-state index in [0.717, 1.165) is 17.0 Å². The van der Waals surface area contributed by atoms with E-state index in [1.165, 1.54) is 12.1 Å². The summed E-state index contributed by atoms with van der Waals surface area (Å²) >= 11 is 0. The van der Waals surface area contributed by atoms with Gasteiger partial charge in [-0.3, -0.25) is 0 Å². The fourth-order valence-corrected chi connectivity index (χ4v) is 1.45. The topological polar surface area (TPSA) is 37.8 Å². The number of rotatable bonds is 2. The third-order valence-electron chi connectivity index (χ3n) is 2.22. The van der Waals surface area contributed by atoms with Crippen LogP contribution in [0.4, 0.5) is 10.3 Å². The molecule has 2 rings (SSSR count). The molecule has 0 spiro atoms. The first kappa shape index (κ1) is 10.5. The van der Waals surface area contributed by atoms with Crippen LogP contribution in [0.15, 0.2) is 30.3 Å². The van der Waals surface area contributed by atoms with Gasteiger partial charge in [-0.1, -0.05) is 0 Å². The normalized spacial score (nSPS) is 10.2. The van der Waals surface area contributed by atoms with Gasteiger partial charge in [-0.15, -0.1) is 0 Å². The molecule has 0 saturated heterocycles. The summed E-state index contributed by atoms with van der Waals surface area (Å²) < 4.78 is 12.8. The second kappa shape index (κ2) is 4.26. The lowest BCUT2D eigenvalue weighted by molar-refractivity contribution is 0.628. The molecule has 0 bridgehead atoms. The van der Waals surface area contributed by atoms with Crippen LogP contribution in [0.1, 0.15) is 5.69 Å². The number of aryl methyl sites for hydroxylation is 1. The predicted octanol–water partition coefficient (Wildman–Crippen LogP) is 2.63. The van der Waals surface area contributed by atoms with Gasteiger partial charge in [0, 0.05) is 18.3 Å². The molecular weight excluding hydrogens is 205 g/mol. The van der Waals surface area contributed by atoms with Crippen molar-refractivity contribution >= 4 is 5.95 Å². The maximum absolute atomic E-state index is 12.8. The van der Waals surface area contributed by atoms with E-state index in [1.54, 1.807) is 19.2 Å². The summed E-state index contributed by atoms with van der Waals surface area (Å²) in [5.41, 5.74) is 2.54. The Balaban J connectivity index is 2.47. The van der Waals surface area contributed by atoms with Gasteiger partial charge < -0.3 is 5.32 Å². The summed E-state index contributed by atoms with van der Waals surface area (Å²) in [5.74, 6) is 0.322. The molecule has 1 heterocycles. The zero-order valence-corrected chi connectivity index (χ0v) is 9.16. The van der Waals surface area contributed by atoms with Gasteiger partial charge in [-0.05, 0) is 37.3 Å². The number of hydrogen-bond donors (Lipinski definition) is 1. The monoisotopic (exact) mass is 217 g/mol. The smallest absolute Gasteiger partial charge is 0.223 e. The van der Waals surface area contributed by atoms with E-state index in [1.807, 2.05) is 13.0 Å². The Bertz CT molecular complexity index is 494. The average Bonchev–Trinajstić information content (AvgIpc) is 2.29. The third-order valence-corrected chi connectivity index (χ3v) is 2.22. The summed E-state index contributed by atoms with van der Waals surface area (Å²) in [7, 11) is 1.77. The fourth-order valence-electron chi connectivity index (χ4n) is 1.45. The van der Waals surface area contributed by atoms with Crippen molar-refractivity contribution in [2.45, 2.75) is 6.92 Å². The summed E-state index contributed by atoms with van der Waals surface area (Å²) in [6.45, 7) is 1.90. The molecule has 3 nitrogen and oxygen atoms in total. The molecule has 0 atom stereocenters. The van der Waals surface area contributed by atoms with Crippen LogP contribution in [0.5, 0.6) is 0 Å². The van der Waals surface area contributed by atoms with Crippen molar-refractivity contribution in [3.8, 4) is 11.3 Å². The van der Waals surface area contributed by atoms with Crippen LogP contribution < -0.4 is 5.32 Å². The van der Waals surface area contributed by atoms with Crippen molar-refractivity contribution in [3.05, 3.63) is 41.8 Å². The van der Waals surface area contributed by atoms with Gasteiger partial charge in [0.15, 0.2) is 0 Å². The van der Waals surface area contributed by atoms with Gasteiger partial charge in [0.25, 0.3) is 0 Å². The van der Waals surface area contributed by atoms with Crippen molar-refractivity contribution in [2.24, 2.45) is 0 Å². The van der Waals surface area contributed by atoms with Crippen LogP contribution in [0.2, 0.25) is 0 Å². The molecule has 0 saturated carbocycles. The minimum Gasteiger partial charge on any atom is -0.357 e. The van der Waals surface area contributed by atoms with Gasteiger partial charge >= 0.3 is 0 Å². The Morgan fingerprint density at radius 3 is 2.44 bits per heavy atom. The van der Waals surface area contributed by atoms with E-state index in [2.05, 4.69) is 15.3 Å². The lowest BCUT2D eigenvalue weighted by Gasteiger charge is -2.05. The van der Waals surface area contributed by atoms with Gasteiger partial charge in [0.2, 0.25) is 5.95 Å². The fraction of sp³-hybridized carbons (Fsp3) is 0.167. The van der Waals surface area contributed by atoms with E-state index in [-0.39, 0.29) is 5.82 Å². The lowest BCUT2D eigenvalue weighted by Crippen LogP contribution is -1.99. The molecule has 1 aromatic heterocycles. The van der Waals surface area contributed by atoms with Crippen molar-refractivity contribution in [1.82, 2.24) is 9.97 Å². The van der Waals surface area contributed by atoms with Crippen LogP contribution in [0, 0.1) is 12.7 Å². The number of aromatic nitrogens is 2. The van der Waals surface area contributed by atoms with E-state index >= 15 is 0 Å². The molecule has 0 amide bonds. The summed E-state index contributed by atoms with van der Waals surface area (Å²) in [5, 5.41) is 2.89. The standard InChI is InChI=1S/C12H12FN3/c1-8-7-11(16-12(14-2)15-8)9-3-5-10(13)6-4-9/h3-7H,1-2H3,(H,14,15,16). The largest absolute Gasteiger partial charge is 0.357 e. The number of benzene rings is 1. The molecular formula is C12H12FN3. The molecule has 82 valence electrons. The highest BCUT2D eigenvalue weighted by atomic mass is 19.1. The number of nitrogens with zero attached hydrogens (tertiary/aromatic N) is 2. The molecule has 0 unspecified atom stereocenters. The molecule has 0 aliphatic rings. The maximum Gasteiger partial charge on any atom is 0.223 e. The van der Waals surface area contributed by atoms with E-state index < -0.39 is 0 Å². The number of halogens is 1. The van der Waals surface area contributed by atoms with Gasteiger partial charge in [-0.2, -0.15) is 0 Å². The van der Waals surface area contributed by atoms with E-state index in [9.17, 15) is 4.39 Å². The molecule has 1 aromatic carbocycles. The maximum atomic E-state index is 12.8. The molecule has 16 heavy (non-hydrogen) atoms. The minimum atomic E-state index is -0.247. The Kier molecular flexibility index (Phi) is 2.81. The average molecular weight is 217 g/mol. The number of hydrogen-bond acceptors (Lipinski definition) is 3. The molecule has 2 aromatic rings. The highest BCUT2D eigenvalue weighted by Gasteiger charge is 2.03.